The second-order valence-electron chi connectivity index (χ2n) is 6.71. The highest BCUT2D eigenvalue weighted by Crippen LogP contribution is 2.40. The van der Waals surface area contributed by atoms with Crippen molar-refractivity contribution in [3.8, 4) is 5.75 Å². The van der Waals surface area contributed by atoms with Crippen molar-refractivity contribution in [1.29, 1.82) is 0 Å². The van der Waals surface area contributed by atoms with E-state index in [0.717, 1.165) is 18.8 Å². The van der Waals surface area contributed by atoms with Crippen molar-refractivity contribution in [1.82, 2.24) is 0 Å². The van der Waals surface area contributed by atoms with Crippen molar-refractivity contribution >= 4 is 17.3 Å². The van der Waals surface area contributed by atoms with E-state index in [0.29, 0.717) is 18.4 Å². The Balaban J connectivity index is 1.54. The average molecular weight is 364 g/mol. The van der Waals surface area contributed by atoms with Gasteiger partial charge in [-0.25, -0.2) is 0 Å². The fourth-order valence-corrected chi connectivity index (χ4v) is 3.79. The van der Waals surface area contributed by atoms with E-state index in [-0.39, 0.29) is 0 Å². The number of fused-ring (bicyclic) bond motifs is 1. The molecule has 3 heteroatoms. The topological polar surface area (TPSA) is 12.5 Å². The van der Waals surface area contributed by atoms with Crippen LogP contribution in [-0.2, 0) is 13.2 Å². The highest BCUT2D eigenvalue weighted by molar-refractivity contribution is 6.18. The Labute approximate surface area is 160 Å². The second kappa shape index (κ2) is 7.84. The molecule has 3 aromatic carbocycles. The largest absolute Gasteiger partial charge is 0.489 e. The van der Waals surface area contributed by atoms with E-state index < -0.39 is 0 Å². The molecule has 1 atom stereocenters. The molecule has 0 fully saturated rings. The lowest BCUT2D eigenvalue weighted by atomic mass is 10.0. The zero-order valence-electron chi connectivity index (χ0n) is 14.6. The lowest BCUT2D eigenvalue weighted by Crippen LogP contribution is -2.21. The molecule has 0 aliphatic carbocycles. The van der Waals surface area contributed by atoms with Crippen molar-refractivity contribution in [2.75, 3.05) is 17.3 Å². The number of benzene rings is 3. The number of hydrogen-bond donors (Lipinski definition) is 0. The van der Waals surface area contributed by atoms with Gasteiger partial charge in [-0.15, -0.1) is 11.6 Å². The molecule has 2 nitrogen and oxygen atoms in total. The average Bonchev–Trinajstić information content (AvgIpc) is 3.05. The van der Waals surface area contributed by atoms with E-state index >= 15 is 0 Å². The third-order valence-electron chi connectivity index (χ3n) is 4.87. The number of halogens is 1. The summed E-state index contributed by atoms with van der Waals surface area (Å²) in [5, 5.41) is 0. The first kappa shape index (κ1) is 17.0. The maximum absolute atomic E-state index is 6.23. The van der Waals surface area contributed by atoms with Gasteiger partial charge in [0, 0.05) is 36.6 Å². The maximum atomic E-state index is 6.23. The summed E-state index contributed by atoms with van der Waals surface area (Å²) in [5.41, 5.74) is 5.05. The maximum Gasteiger partial charge on any atom is 0.121 e. The zero-order valence-corrected chi connectivity index (χ0v) is 15.4. The number of hydrogen-bond acceptors (Lipinski definition) is 2. The summed E-state index contributed by atoms with van der Waals surface area (Å²) in [4.78, 5) is 2.41. The number of nitrogens with zero attached hydrogens (tertiary/aromatic N) is 1. The Kier molecular flexibility index (Phi) is 5.12. The molecule has 0 saturated heterocycles. The summed E-state index contributed by atoms with van der Waals surface area (Å²) in [6.07, 6.45) is 0. The molecule has 3 aromatic rings. The number of alkyl halides is 1. The molecular formula is C23H22ClNO. The molecule has 0 aromatic heterocycles. The van der Waals surface area contributed by atoms with Gasteiger partial charge in [0.2, 0.25) is 0 Å². The molecule has 1 heterocycles. The molecule has 132 valence electrons. The lowest BCUT2D eigenvalue weighted by Gasteiger charge is -2.20. The van der Waals surface area contributed by atoms with Crippen LogP contribution >= 0.6 is 11.6 Å². The first-order chi connectivity index (χ1) is 12.8. The van der Waals surface area contributed by atoms with Gasteiger partial charge in [-0.2, -0.15) is 0 Å². The first-order valence-electron chi connectivity index (χ1n) is 8.99. The Bertz CT molecular complexity index is 851. The Morgan fingerprint density at radius 2 is 1.58 bits per heavy atom. The molecule has 0 radical (unpaired) electrons. The van der Waals surface area contributed by atoms with Gasteiger partial charge in [0.05, 0.1) is 0 Å². The molecule has 1 unspecified atom stereocenters. The number of rotatable bonds is 6. The van der Waals surface area contributed by atoms with Crippen LogP contribution in [0, 0.1) is 0 Å². The Hall–Kier alpha value is -2.45. The standard InChI is InChI=1S/C23H22ClNO/c24-14-20-16-25(15-18-7-3-1-4-8-18)23-13-21(11-12-22(20)23)26-17-19-9-5-2-6-10-19/h1-13,20H,14-17H2. The van der Waals surface area contributed by atoms with Crippen LogP contribution in [0.2, 0.25) is 0 Å². The van der Waals surface area contributed by atoms with Gasteiger partial charge >= 0.3 is 0 Å². The monoisotopic (exact) mass is 363 g/mol. The van der Waals surface area contributed by atoms with Gasteiger partial charge in [0.15, 0.2) is 0 Å². The predicted molar refractivity (Wildman–Crippen MR) is 108 cm³/mol. The van der Waals surface area contributed by atoms with Crippen molar-refractivity contribution in [3.05, 3.63) is 95.6 Å². The summed E-state index contributed by atoms with van der Waals surface area (Å²) in [7, 11) is 0. The Morgan fingerprint density at radius 3 is 2.27 bits per heavy atom. The minimum absolute atomic E-state index is 0.374. The molecular weight excluding hydrogens is 342 g/mol. The van der Waals surface area contributed by atoms with Crippen LogP contribution < -0.4 is 9.64 Å². The van der Waals surface area contributed by atoms with Crippen LogP contribution in [0.15, 0.2) is 78.9 Å². The number of anilines is 1. The van der Waals surface area contributed by atoms with Crippen molar-refractivity contribution in [2.45, 2.75) is 19.1 Å². The van der Waals surface area contributed by atoms with E-state index in [1.807, 2.05) is 18.2 Å². The van der Waals surface area contributed by atoms with E-state index in [9.17, 15) is 0 Å². The SMILES string of the molecule is ClCC1CN(Cc2ccccc2)c2cc(OCc3ccccc3)ccc21. The van der Waals surface area contributed by atoms with Crippen LogP contribution in [0.3, 0.4) is 0 Å². The highest BCUT2D eigenvalue weighted by Gasteiger charge is 2.28. The molecule has 0 amide bonds. The fourth-order valence-electron chi connectivity index (χ4n) is 3.52. The molecule has 1 aliphatic rings. The zero-order chi connectivity index (χ0) is 17.8. The first-order valence-corrected chi connectivity index (χ1v) is 9.52. The van der Waals surface area contributed by atoms with Crippen LogP contribution in [0.5, 0.6) is 5.75 Å². The molecule has 0 spiro atoms. The summed E-state index contributed by atoms with van der Waals surface area (Å²) < 4.78 is 6.03. The third kappa shape index (κ3) is 3.71. The molecule has 4 rings (SSSR count). The van der Waals surface area contributed by atoms with Gasteiger partial charge in [-0.3, -0.25) is 0 Å². The summed E-state index contributed by atoms with van der Waals surface area (Å²) in [6, 6.07) is 27.2. The van der Waals surface area contributed by atoms with Crippen LogP contribution in [-0.4, -0.2) is 12.4 Å². The minimum atomic E-state index is 0.374. The second-order valence-corrected chi connectivity index (χ2v) is 7.02. The lowest BCUT2D eigenvalue weighted by molar-refractivity contribution is 0.306. The quantitative estimate of drug-likeness (QED) is 0.528. The van der Waals surface area contributed by atoms with Crippen LogP contribution in [0.4, 0.5) is 5.69 Å². The van der Waals surface area contributed by atoms with Gasteiger partial charge in [0.25, 0.3) is 0 Å². The summed E-state index contributed by atoms with van der Waals surface area (Å²) in [6.45, 7) is 2.43. The van der Waals surface area contributed by atoms with E-state index in [4.69, 9.17) is 16.3 Å². The summed E-state index contributed by atoms with van der Waals surface area (Å²) in [5.74, 6) is 1.92. The van der Waals surface area contributed by atoms with Crippen LogP contribution in [0.25, 0.3) is 0 Å². The molecule has 1 aliphatic heterocycles. The number of ether oxygens (including phenoxy) is 1. The normalized spacial score (nSPS) is 15.7. The van der Waals surface area contributed by atoms with Gasteiger partial charge < -0.3 is 9.64 Å². The fraction of sp³-hybridized carbons (Fsp3) is 0.217. The molecule has 0 saturated carbocycles. The summed E-state index contributed by atoms with van der Waals surface area (Å²) >= 11 is 6.23. The Morgan fingerprint density at radius 1 is 0.885 bits per heavy atom. The van der Waals surface area contributed by atoms with Gasteiger partial charge in [0.1, 0.15) is 12.4 Å². The molecule has 26 heavy (non-hydrogen) atoms. The van der Waals surface area contributed by atoms with Crippen LogP contribution in [0.1, 0.15) is 22.6 Å². The smallest absolute Gasteiger partial charge is 0.121 e. The van der Waals surface area contributed by atoms with Crippen molar-refractivity contribution < 1.29 is 4.74 Å². The van der Waals surface area contributed by atoms with E-state index in [1.54, 1.807) is 0 Å². The van der Waals surface area contributed by atoms with Gasteiger partial charge in [-0.05, 0) is 22.8 Å². The molecule has 0 N–H and O–H groups in total. The minimum Gasteiger partial charge on any atom is -0.489 e. The van der Waals surface area contributed by atoms with E-state index in [1.165, 1.54) is 22.4 Å². The van der Waals surface area contributed by atoms with Gasteiger partial charge in [-0.1, -0.05) is 66.7 Å². The third-order valence-corrected chi connectivity index (χ3v) is 5.25. The van der Waals surface area contributed by atoms with E-state index in [2.05, 4.69) is 65.6 Å². The molecule has 0 bridgehead atoms. The van der Waals surface area contributed by atoms with Crippen molar-refractivity contribution in [2.24, 2.45) is 0 Å². The predicted octanol–water partition coefficient (Wildman–Crippen LogP) is 5.61. The van der Waals surface area contributed by atoms with Crippen molar-refractivity contribution in [3.63, 3.8) is 0 Å². The highest BCUT2D eigenvalue weighted by atomic mass is 35.5.